The van der Waals surface area contributed by atoms with Crippen molar-refractivity contribution in [3.05, 3.63) is 88.8 Å². The Labute approximate surface area is 172 Å². The first-order chi connectivity index (χ1) is 14.0. The summed E-state index contributed by atoms with van der Waals surface area (Å²) in [6.07, 6.45) is 0. The van der Waals surface area contributed by atoms with Gasteiger partial charge in [0.15, 0.2) is 5.76 Å². The van der Waals surface area contributed by atoms with Crippen LogP contribution in [0.15, 0.2) is 71.3 Å². The van der Waals surface area contributed by atoms with Crippen molar-refractivity contribution in [2.75, 3.05) is 0 Å². The Bertz CT molecular complexity index is 1140. The quantitative estimate of drug-likeness (QED) is 0.414. The average Bonchev–Trinajstić information content (AvgIpc) is 3.09. The van der Waals surface area contributed by atoms with Gasteiger partial charge in [-0.25, -0.2) is 4.39 Å². The lowest BCUT2D eigenvalue weighted by Gasteiger charge is -2.11. The lowest BCUT2D eigenvalue weighted by atomic mass is 9.99. The number of aryl methyl sites for hydroxylation is 1. The van der Waals surface area contributed by atoms with Crippen molar-refractivity contribution < 1.29 is 18.8 Å². The van der Waals surface area contributed by atoms with Gasteiger partial charge in [-0.15, -0.1) is 0 Å². The molecule has 4 nitrogen and oxygen atoms in total. The molecule has 0 saturated heterocycles. The molecule has 146 valence electrons. The molecule has 0 saturated carbocycles. The molecule has 0 amide bonds. The summed E-state index contributed by atoms with van der Waals surface area (Å²) in [5.41, 5.74) is 3.22. The van der Waals surface area contributed by atoms with E-state index < -0.39 is 5.82 Å². The highest BCUT2D eigenvalue weighted by atomic mass is 35.5. The molecule has 4 rings (SSSR count). The lowest BCUT2D eigenvalue weighted by Crippen LogP contribution is -1.99. The molecule has 1 heterocycles. The minimum absolute atomic E-state index is 0.0320. The zero-order chi connectivity index (χ0) is 20.4. The van der Waals surface area contributed by atoms with Crippen LogP contribution in [-0.2, 0) is 6.61 Å². The molecule has 1 aromatic heterocycles. The lowest BCUT2D eigenvalue weighted by molar-refractivity contribution is 0.298. The fourth-order valence-electron chi connectivity index (χ4n) is 3.12. The van der Waals surface area contributed by atoms with E-state index in [1.54, 1.807) is 18.2 Å². The molecule has 0 radical (unpaired) electrons. The number of phenolic OH excluding ortho intramolecular Hbond substituents is 1. The Morgan fingerprint density at radius 1 is 1.07 bits per heavy atom. The van der Waals surface area contributed by atoms with E-state index in [1.807, 2.05) is 37.3 Å². The minimum Gasteiger partial charge on any atom is -0.507 e. The van der Waals surface area contributed by atoms with E-state index >= 15 is 0 Å². The third-order valence-corrected chi connectivity index (χ3v) is 4.94. The van der Waals surface area contributed by atoms with Crippen molar-refractivity contribution in [1.82, 2.24) is 5.16 Å². The van der Waals surface area contributed by atoms with Crippen molar-refractivity contribution in [3.63, 3.8) is 0 Å². The van der Waals surface area contributed by atoms with Crippen LogP contribution in [0.2, 0.25) is 5.02 Å². The van der Waals surface area contributed by atoms with E-state index in [0.29, 0.717) is 17.1 Å². The molecule has 3 aromatic carbocycles. The second-order valence-electron chi connectivity index (χ2n) is 6.51. The highest BCUT2D eigenvalue weighted by Crippen LogP contribution is 2.40. The molecule has 0 spiro atoms. The van der Waals surface area contributed by atoms with E-state index in [1.165, 1.54) is 18.2 Å². The Hall–Kier alpha value is -3.31. The zero-order valence-electron chi connectivity index (χ0n) is 15.5. The maximum Gasteiger partial charge on any atom is 0.178 e. The van der Waals surface area contributed by atoms with Crippen molar-refractivity contribution >= 4 is 11.6 Å². The largest absolute Gasteiger partial charge is 0.507 e. The Morgan fingerprint density at radius 3 is 2.59 bits per heavy atom. The summed E-state index contributed by atoms with van der Waals surface area (Å²) in [6, 6.07) is 19.0. The highest BCUT2D eigenvalue weighted by molar-refractivity contribution is 6.31. The molecular formula is C23H17ClFNO3. The number of hydrogen-bond acceptors (Lipinski definition) is 4. The Balaban J connectivity index is 1.62. The van der Waals surface area contributed by atoms with E-state index in [0.717, 1.165) is 16.8 Å². The van der Waals surface area contributed by atoms with E-state index in [-0.39, 0.29) is 22.9 Å². The molecule has 6 heteroatoms. The molecule has 29 heavy (non-hydrogen) atoms. The molecule has 0 aliphatic rings. The first kappa shape index (κ1) is 19.0. The van der Waals surface area contributed by atoms with Gasteiger partial charge in [0, 0.05) is 11.6 Å². The smallest absolute Gasteiger partial charge is 0.178 e. The number of benzene rings is 3. The number of rotatable bonds is 5. The third kappa shape index (κ3) is 3.82. The normalized spacial score (nSPS) is 10.9. The summed E-state index contributed by atoms with van der Waals surface area (Å²) in [7, 11) is 0. The summed E-state index contributed by atoms with van der Waals surface area (Å²) < 4.78 is 25.0. The van der Waals surface area contributed by atoms with E-state index in [2.05, 4.69) is 5.16 Å². The molecule has 0 unspecified atom stereocenters. The van der Waals surface area contributed by atoms with Crippen molar-refractivity contribution in [2.45, 2.75) is 13.5 Å². The number of halogens is 2. The summed E-state index contributed by atoms with van der Waals surface area (Å²) in [5.74, 6) is 0.372. The molecule has 0 aliphatic heterocycles. The molecular weight excluding hydrogens is 393 g/mol. The van der Waals surface area contributed by atoms with Gasteiger partial charge >= 0.3 is 0 Å². The van der Waals surface area contributed by atoms with Gasteiger partial charge < -0.3 is 14.4 Å². The van der Waals surface area contributed by atoms with Crippen LogP contribution in [0.3, 0.4) is 0 Å². The van der Waals surface area contributed by atoms with Crippen LogP contribution in [0.4, 0.5) is 4.39 Å². The van der Waals surface area contributed by atoms with E-state index in [4.69, 9.17) is 20.9 Å². The van der Waals surface area contributed by atoms with Crippen molar-refractivity contribution in [3.8, 4) is 33.9 Å². The molecule has 1 N–H and O–H groups in total. The fourth-order valence-corrected chi connectivity index (χ4v) is 3.33. The Morgan fingerprint density at radius 2 is 1.86 bits per heavy atom. The number of phenols is 1. The van der Waals surface area contributed by atoms with Gasteiger partial charge in [0.2, 0.25) is 0 Å². The highest BCUT2D eigenvalue weighted by Gasteiger charge is 2.20. The van der Waals surface area contributed by atoms with Crippen LogP contribution >= 0.6 is 11.6 Å². The van der Waals surface area contributed by atoms with Crippen molar-refractivity contribution in [2.24, 2.45) is 0 Å². The maximum atomic E-state index is 13.9. The van der Waals surface area contributed by atoms with Gasteiger partial charge in [-0.05, 0) is 36.8 Å². The van der Waals surface area contributed by atoms with Crippen LogP contribution in [0.1, 0.15) is 11.3 Å². The second kappa shape index (κ2) is 7.97. The second-order valence-corrected chi connectivity index (χ2v) is 6.91. The van der Waals surface area contributed by atoms with Crippen molar-refractivity contribution in [1.29, 1.82) is 0 Å². The molecule has 0 atom stereocenters. The van der Waals surface area contributed by atoms with Gasteiger partial charge in [0.05, 0.1) is 21.8 Å². The summed E-state index contributed by atoms with van der Waals surface area (Å²) >= 11 is 6.02. The van der Waals surface area contributed by atoms with Gasteiger partial charge in [0.1, 0.15) is 23.9 Å². The summed E-state index contributed by atoms with van der Waals surface area (Å²) in [4.78, 5) is 0. The molecule has 0 bridgehead atoms. The standard InChI is InChI=1S/C23H17ClFNO3/c1-14-22(15-6-3-2-4-7-15)23(29-26-14)17-11-10-16(12-21(17)27)28-13-18-19(24)8-5-9-20(18)25/h2-12,27H,13H2,1H3. The molecule has 4 aromatic rings. The molecule has 0 aliphatic carbocycles. The first-order valence-electron chi connectivity index (χ1n) is 8.95. The maximum absolute atomic E-state index is 13.9. The number of hydrogen-bond donors (Lipinski definition) is 1. The van der Waals surface area contributed by atoms with Gasteiger partial charge in [-0.1, -0.05) is 53.2 Å². The fraction of sp³-hybridized carbons (Fsp3) is 0.0870. The van der Waals surface area contributed by atoms with Gasteiger partial charge in [0.25, 0.3) is 0 Å². The number of ether oxygens (including phenoxy) is 1. The monoisotopic (exact) mass is 409 g/mol. The number of aromatic hydroxyl groups is 1. The first-order valence-corrected chi connectivity index (χ1v) is 9.33. The Kier molecular flexibility index (Phi) is 5.23. The summed E-state index contributed by atoms with van der Waals surface area (Å²) in [6.45, 7) is 1.79. The number of aromatic nitrogens is 1. The van der Waals surface area contributed by atoms with Crippen LogP contribution in [0, 0.1) is 12.7 Å². The minimum atomic E-state index is -0.442. The van der Waals surface area contributed by atoms with E-state index in [9.17, 15) is 9.50 Å². The number of nitrogens with zero attached hydrogens (tertiary/aromatic N) is 1. The van der Waals surface area contributed by atoms with Crippen LogP contribution in [0.5, 0.6) is 11.5 Å². The van der Waals surface area contributed by atoms with Gasteiger partial charge in [-0.3, -0.25) is 0 Å². The van der Waals surface area contributed by atoms with Crippen LogP contribution in [0.25, 0.3) is 22.5 Å². The SMILES string of the molecule is Cc1noc(-c2ccc(OCc3c(F)cccc3Cl)cc2O)c1-c1ccccc1. The summed E-state index contributed by atoms with van der Waals surface area (Å²) in [5, 5.41) is 14.9. The van der Waals surface area contributed by atoms with Crippen LogP contribution < -0.4 is 4.74 Å². The zero-order valence-corrected chi connectivity index (χ0v) is 16.3. The van der Waals surface area contributed by atoms with Gasteiger partial charge in [-0.2, -0.15) is 0 Å². The topological polar surface area (TPSA) is 55.5 Å². The molecule has 0 fully saturated rings. The predicted molar refractivity (Wildman–Crippen MR) is 110 cm³/mol. The van der Waals surface area contributed by atoms with Crippen LogP contribution in [-0.4, -0.2) is 10.3 Å². The predicted octanol–water partition coefficient (Wildman–Crippen LogP) is 6.39. The third-order valence-electron chi connectivity index (χ3n) is 4.58. The average molecular weight is 410 g/mol.